The van der Waals surface area contributed by atoms with Crippen LogP contribution >= 0.6 is 11.3 Å². The van der Waals surface area contributed by atoms with Crippen LogP contribution < -0.4 is 0 Å². The minimum Gasteiger partial charge on any atom is -0.447 e. The molecule has 7 nitrogen and oxygen atoms in total. The number of esters is 1. The Kier molecular flexibility index (Phi) is 6.65. The van der Waals surface area contributed by atoms with Crippen LogP contribution in [0.3, 0.4) is 0 Å². The number of piperidine rings is 1. The molecular formula is C25H28N2O5S. The van der Waals surface area contributed by atoms with Crippen LogP contribution in [0.2, 0.25) is 0 Å². The minimum atomic E-state index is -0.935. The van der Waals surface area contributed by atoms with Crippen LogP contribution in [0.5, 0.6) is 0 Å². The molecule has 2 aliphatic heterocycles. The van der Waals surface area contributed by atoms with Crippen LogP contribution in [0.25, 0.3) is 0 Å². The number of carbonyl (C=O) groups excluding carboxylic acids is 4. The number of ketones is 1. The summed E-state index contributed by atoms with van der Waals surface area (Å²) >= 11 is 1.24. The van der Waals surface area contributed by atoms with Crippen LogP contribution in [0.4, 0.5) is 0 Å². The highest BCUT2D eigenvalue weighted by molar-refractivity contribution is 7.15. The average Bonchev–Trinajstić information content (AvgIpc) is 3.46. The van der Waals surface area contributed by atoms with Crippen molar-refractivity contribution in [2.24, 2.45) is 5.41 Å². The maximum Gasteiger partial charge on any atom is 0.303 e. The van der Waals surface area contributed by atoms with Gasteiger partial charge in [0.05, 0.1) is 9.75 Å². The second kappa shape index (κ2) is 9.47. The molecule has 1 atom stereocenters. The molecule has 174 valence electrons. The molecule has 0 bridgehead atoms. The first-order valence-electron chi connectivity index (χ1n) is 11.2. The highest BCUT2D eigenvalue weighted by atomic mass is 32.1. The Bertz CT molecular complexity index is 1060. The number of nitrogens with zero attached hydrogens (tertiary/aromatic N) is 2. The number of benzene rings is 1. The molecule has 2 amide bonds. The molecule has 0 saturated carbocycles. The van der Waals surface area contributed by atoms with Gasteiger partial charge in [0, 0.05) is 38.7 Å². The molecule has 2 fully saturated rings. The van der Waals surface area contributed by atoms with Gasteiger partial charge < -0.3 is 14.5 Å². The quantitative estimate of drug-likeness (QED) is 0.493. The molecule has 33 heavy (non-hydrogen) atoms. The number of hydrogen-bond donors (Lipinski definition) is 0. The lowest BCUT2D eigenvalue weighted by atomic mass is 9.77. The largest absolute Gasteiger partial charge is 0.447 e. The zero-order chi connectivity index (χ0) is 23.6. The smallest absolute Gasteiger partial charge is 0.303 e. The fourth-order valence-electron chi connectivity index (χ4n) is 4.73. The topological polar surface area (TPSA) is 84.0 Å². The predicted molar refractivity (Wildman–Crippen MR) is 124 cm³/mol. The van der Waals surface area contributed by atoms with E-state index in [2.05, 4.69) is 0 Å². The summed E-state index contributed by atoms with van der Waals surface area (Å²) in [4.78, 5) is 54.2. The number of likely N-dealkylation sites (tertiary alicyclic amines) is 2. The summed E-state index contributed by atoms with van der Waals surface area (Å²) in [6, 6.07) is 12.5. The molecule has 3 heterocycles. The van der Waals surface area contributed by atoms with Crippen molar-refractivity contribution in [1.29, 1.82) is 0 Å². The molecule has 0 aliphatic carbocycles. The fourth-order valence-corrected chi connectivity index (χ4v) is 5.60. The van der Waals surface area contributed by atoms with Crippen molar-refractivity contribution in [3.63, 3.8) is 0 Å². The standard InChI is InChI=1S/C25H28N2O5S/c1-17(28)20-8-9-21(33-20)23(30)26-13-10-25(11-14-26)12-15-27(16-25)24(31)22(32-18(2)29)19-6-4-3-5-7-19/h3-9,22H,10-16H2,1-2H3/t22-/m1/s1. The van der Waals surface area contributed by atoms with Crippen molar-refractivity contribution in [3.05, 3.63) is 57.8 Å². The first-order chi connectivity index (χ1) is 15.8. The van der Waals surface area contributed by atoms with Crippen LogP contribution in [-0.2, 0) is 14.3 Å². The van der Waals surface area contributed by atoms with Gasteiger partial charge in [-0.05, 0) is 43.7 Å². The molecular weight excluding hydrogens is 440 g/mol. The summed E-state index contributed by atoms with van der Waals surface area (Å²) in [6.45, 7) is 5.28. The maximum absolute atomic E-state index is 13.3. The third kappa shape index (κ3) is 5.00. The Morgan fingerprint density at radius 3 is 2.06 bits per heavy atom. The molecule has 2 aliphatic rings. The van der Waals surface area contributed by atoms with Crippen LogP contribution in [0.15, 0.2) is 42.5 Å². The second-order valence-corrected chi connectivity index (χ2v) is 10.0. The van der Waals surface area contributed by atoms with Crippen LogP contribution in [0, 0.1) is 5.41 Å². The summed E-state index contributed by atoms with van der Waals surface area (Å²) in [5.74, 6) is -0.747. The van der Waals surface area contributed by atoms with Crippen molar-refractivity contribution in [2.45, 2.75) is 39.2 Å². The van der Waals surface area contributed by atoms with Gasteiger partial charge in [-0.1, -0.05) is 30.3 Å². The monoisotopic (exact) mass is 468 g/mol. The van der Waals surface area contributed by atoms with E-state index in [9.17, 15) is 19.2 Å². The van der Waals surface area contributed by atoms with E-state index >= 15 is 0 Å². The van der Waals surface area contributed by atoms with E-state index in [1.54, 1.807) is 29.2 Å². The van der Waals surface area contributed by atoms with Gasteiger partial charge in [-0.15, -0.1) is 11.3 Å². The minimum absolute atomic E-state index is 0.0239. The van der Waals surface area contributed by atoms with E-state index in [4.69, 9.17) is 4.74 Å². The van der Waals surface area contributed by atoms with Gasteiger partial charge in [0.25, 0.3) is 11.8 Å². The van der Waals surface area contributed by atoms with Gasteiger partial charge >= 0.3 is 5.97 Å². The summed E-state index contributed by atoms with van der Waals surface area (Å²) in [7, 11) is 0. The Balaban J connectivity index is 1.39. The predicted octanol–water partition coefficient (Wildman–Crippen LogP) is 3.71. The van der Waals surface area contributed by atoms with Crippen LogP contribution in [0.1, 0.15) is 64.1 Å². The van der Waals surface area contributed by atoms with E-state index in [0.717, 1.165) is 19.3 Å². The molecule has 1 spiro atoms. The average molecular weight is 469 g/mol. The fraction of sp³-hybridized carbons (Fsp3) is 0.440. The first-order valence-corrected chi connectivity index (χ1v) is 12.0. The Morgan fingerprint density at radius 2 is 1.48 bits per heavy atom. The maximum atomic E-state index is 13.3. The van der Waals surface area contributed by atoms with E-state index in [1.807, 2.05) is 23.1 Å². The highest BCUT2D eigenvalue weighted by Gasteiger charge is 2.44. The Hall–Kier alpha value is -3.00. The summed E-state index contributed by atoms with van der Waals surface area (Å²) in [5, 5.41) is 0. The molecule has 8 heteroatoms. The van der Waals surface area contributed by atoms with Gasteiger partial charge in [-0.3, -0.25) is 19.2 Å². The SMILES string of the molecule is CC(=O)O[C@@H](C(=O)N1CCC2(CCN(C(=O)c3ccc(C(C)=O)s3)CC2)C1)c1ccccc1. The van der Waals surface area contributed by atoms with E-state index < -0.39 is 12.1 Å². The summed E-state index contributed by atoms with van der Waals surface area (Å²) < 4.78 is 5.40. The van der Waals surface area contributed by atoms with Crippen molar-refractivity contribution >= 4 is 34.9 Å². The molecule has 1 aromatic carbocycles. The highest BCUT2D eigenvalue weighted by Crippen LogP contribution is 2.41. The van der Waals surface area contributed by atoms with Crippen molar-refractivity contribution in [3.8, 4) is 0 Å². The van der Waals surface area contributed by atoms with Gasteiger partial charge in [-0.25, -0.2) is 0 Å². The molecule has 2 saturated heterocycles. The van der Waals surface area contributed by atoms with Gasteiger partial charge in [0.1, 0.15) is 0 Å². The lowest BCUT2D eigenvalue weighted by Crippen LogP contribution is -2.45. The zero-order valence-corrected chi connectivity index (χ0v) is 19.7. The van der Waals surface area contributed by atoms with Gasteiger partial charge in [0.2, 0.25) is 6.10 Å². The van der Waals surface area contributed by atoms with Crippen molar-refractivity contribution in [2.75, 3.05) is 26.2 Å². The summed E-state index contributed by atoms with van der Waals surface area (Å²) in [6.07, 6.45) is 1.57. The molecule has 0 unspecified atom stereocenters. The molecule has 4 rings (SSSR count). The number of rotatable bonds is 5. The molecule has 2 aromatic rings. The van der Waals surface area contributed by atoms with Crippen molar-refractivity contribution in [1.82, 2.24) is 9.80 Å². The molecule has 0 N–H and O–H groups in total. The molecule has 0 radical (unpaired) electrons. The van der Waals surface area contributed by atoms with Gasteiger partial charge in [-0.2, -0.15) is 0 Å². The first kappa shape index (κ1) is 23.2. The van der Waals surface area contributed by atoms with Crippen molar-refractivity contribution < 1.29 is 23.9 Å². The number of Topliss-reactive ketones (excluding diaryl/α,β-unsaturated/α-hetero) is 1. The second-order valence-electron chi connectivity index (χ2n) is 8.92. The lowest BCUT2D eigenvalue weighted by Gasteiger charge is -2.39. The number of ether oxygens (including phenoxy) is 1. The van der Waals surface area contributed by atoms with Gasteiger partial charge in [0.15, 0.2) is 5.78 Å². The van der Waals surface area contributed by atoms with E-state index in [1.165, 1.54) is 25.2 Å². The number of thiophene rings is 1. The van der Waals surface area contributed by atoms with Crippen LogP contribution in [-0.4, -0.2) is 59.5 Å². The Morgan fingerprint density at radius 1 is 0.879 bits per heavy atom. The number of carbonyl (C=O) groups is 4. The third-order valence-corrected chi connectivity index (χ3v) is 7.81. The van der Waals surface area contributed by atoms with E-state index in [-0.39, 0.29) is 23.0 Å². The third-order valence-electron chi connectivity index (χ3n) is 6.64. The zero-order valence-electron chi connectivity index (χ0n) is 18.9. The Labute approximate surface area is 197 Å². The number of amides is 2. The van der Waals surface area contributed by atoms with E-state index in [0.29, 0.717) is 41.5 Å². The summed E-state index contributed by atoms with van der Waals surface area (Å²) in [5.41, 5.74) is 0.643. The number of hydrogen-bond acceptors (Lipinski definition) is 6. The lowest BCUT2D eigenvalue weighted by molar-refractivity contribution is -0.159. The normalized spacial score (nSPS) is 18.2. The molecule has 1 aromatic heterocycles.